The summed E-state index contributed by atoms with van der Waals surface area (Å²) >= 11 is 1.21. The number of hydrogen-bond donors (Lipinski definition) is 0. The molecule has 0 aliphatic rings. The van der Waals surface area contributed by atoms with E-state index in [4.69, 9.17) is 4.74 Å². The molecule has 0 N–H and O–H groups in total. The molecule has 6 heteroatoms. The van der Waals surface area contributed by atoms with Crippen LogP contribution in [0.2, 0.25) is 0 Å². The van der Waals surface area contributed by atoms with Gasteiger partial charge in [-0.25, -0.2) is 4.98 Å². The van der Waals surface area contributed by atoms with Crippen molar-refractivity contribution < 1.29 is 9.53 Å². The summed E-state index contributed by atoms with van der Waals surface area (Å²) in [6.45, 7) is 7.42. The van der Waals surface area contributed by atoms with E-state index in [1.807, 2.05) is 64.1 Å². The molecule has 3 aromatic rings. The Hall–Kier alpha value is -2.60. The van der Waals surface area contributed by atoms with E-state index in [0.29, 0.717) is 16.1 Å². The second kappa shape index (κ2) is 7.56. The van der Waals surface area contributed by atoms with Crippen LogP contribution in [0.15, 0.2) is 58.5 Å². The zero-order chi connectivity index (χ0) is 19.6. The number of aromatic nitrogens is 2. The monoisotopic (exact) mass is 382 g/mol. The van der Waals surface area contributed by atoms with Gasteiger partial charge in [-0.05, 0) is 51.5 Å². The average molecular weight is 382 g/mol. The minimum atomic E-state index is -0.551. The van der Waals surface area contributed by atoms with Gasteiger partial charge in [0.1, 0.15) is 5.60 Å². The molecule has 1 aromatic heterocycles. The Morgan fingerprint density at radius 1 is 1.11 bits per heavy atom. The van der Waals surface area contributed by atoms with Gasteiger partial charge in [-0.2, -0.15) is 0 Å². The summed E-state index contributed by atoms with van der Waals surface area (Å²) in [7, 11) is 0. The molecular weight excluding hydrogens is 360 g/mol. The maximum absolute atomic E-state index is 13.2. The van der Waals surface area contributed by atoms with E-state index in [1.165, 1.54) is 11.8 Å². The standard InChI is InChI=1S/C21H22N2O3S/c1-14-9-5-8-12-17(14)23-19(25)15-10-6-7-11-16(15)22-20(23)27-13-18(24)26-21(2,3)4/h5-12H,13H2,1-4H3. The first-order valence-corrected chi connectivity index (χ1v) is 9.67. The van der Waals surface area contributed by atoms with Crippen molar-refractivity contribution in [3.63, 3.8) is 0 Å². The molecule has 0 aliphatic carbocycles. The van der Waals surface area contributed by atoms with Gasteiger partial charge in [-0.1, -0.05) is 42.1 Å². The lowest BCUT2D eigenvalue weighted by Gasteiger charge is -2.19. The van der Waals surface area contributed by atoms with Gasteiger partial charge < -0.3 is 4.74 Å². The number of hydrogen-bond acceptors (Lipinski definition) is 5. The molecule has 0 atom stereocenters. The van der Waals surface area contributed by atoms with Gasteiger partial charge in [0.25, 0.3) is 5.56 Å². The van der Waals surface area contributed by atoms with Crippen LogP contribution in [0.5, 0.6) is 0 Å². The molecule has 5 nitrogen and oxygen atoms in total. The van der Waals surface area contributed by atoms with Crippen LogP contribution >= 0.6 is 11.8 Å². The molecule has 0 spiro atoms. The SMILES string of the molecule is Cc1ccccc1-n1c(SCC(=O)OC(C)(C)C)nc2ccccc2c1=O. The quantitative estimate of drug-likeness (QED) is 0.386. The summed E-state index contributed by atoms with van der Waals surface area (Å²) in [5, 5.41) is 1.02. The van der Waals surface area contributed by atoms with E-state index < -0.39 is 5.60 Å². The van der Waals surface area contributed by atoms with Crippen molar-refractivity contribution in [3.8, 4) is 5.69 Å². The summed E-state index contributed by atoms with van der Waals surface area (Å²) < 4.78 is 6.95. The largest absolute Gasteiger partial charge is 0.459 e. The first-order valence-electron chi connectivity index (χ1n) is 8.69. The molecule has 27 heavy (non-hydrogen) atoms. The van der Waals surface area contributed by atoms with E-state index in [1.54, 1.807) is 16.7 Å². The molecule has 0 fully saturated rings. The summed E-state index contributed by atoms with van der Waals surface area (Å²) in [6.07, 6.45) is 0. The molecule has 3 rings (SSSR count). The number of rotatable bonds is 4. The topological polar surface area (TPSA) is 61.2 Å². The van der Waals surface area contributed by atoms with Crippen molar-refractivity contribution >= 4 is 28.6 Å². The third-order valence-electron chi connectivity index (χ3n) is 3.84. The molecule has 0 amide bonds. The number of carbonyl (C=O) groups excluding carboxylic acids is 1. The maximum Gasteiger partial charge on any atom is 0.316 e. The molecule has 0 unspecified atom stereocenters. The van der Waals surface area contributed by atoms with Crippen molar-refractivity contribution in [1.82, 2.24) is 9.55 Å². The minimum Gasteiger partial charge on any atom is -0.459 e. The average Bonchev–Trinajstić information content (AvgIpc) is 2.60. The zero-order valence-corrected chi connectivity index (χ0v) is 16.7. The first kappa shape index (κ1) is 19.2. The number of fused-ring (bicyclic) bond motifs is 1. The highest BCUT2D eigenvalue weighted by molar-refractivity contribution is 7.99. The Labute approximate surface area is 162 Å². The van der Waals surface area contributed by atoms with Crippen LogP contribution in [-0.2, 0) is 9.53 Å². The fourth-order valence-electron chi connectivity index (χ4n) is 2.73. The molecule has 0 bridgehead atoms. The number of carbonyl (C=O) groups is 1. The van der Waals surface area contributed by atoms with Crippen molar-refractivity contribution in [2.45, 2.75) is 38.5 Å². The fraction of sp³-hybridized carbons (Fsp3) is 0.286. The van der Waals surface area contributed by atoms with Gasteiger partial charge in [0.05, 0.1) is 22.3 Å². The maximum atomic E-state index is 13.2. The third-order valence-corrected chi connectivity index (χ3v) is 4.75. The van der Waals surface area contributed by atoms with Crippen LogP contribution in [0.1, 0.15) is 26.3 Å². The van der Waals surface area contributed by atoms with Crippen LogP contribution in [0.3, 0.4) is 0 Å². The highest BCUT2D eigenvalue weighted by Gasteiger charge is 2.19. The van der Waals surface area contributed by atoms with Crippen LogP contribution < -0.4 is 5.56 Å². The summed E-state index contributed by atoms with van der Waals surface area (Å²) in [5.41, 5.74) is 1.62. The summed E-state index contributed by atoms with van der Waals surface area (Å²) in [5.74, 6) is -0.264. The number of benzene rings is 2. The predicted molar refractivity (Wildman–Crippen MR) is 109 cm³/mol. The lowest BCUT2D eigenvalue weighted by atomic mass is 10.2. The van der Waals surface area contributed by atoms with Crippen LogP contribution in [0.4, 0.5) is 0 Å². The number of para-hydroxylation sites is 2. The second-order valence-electron chi connectivity index (χ2n) is 7.21. The van der Waals surface area contributed by atoms with Gasteiger partial charge in [0, 0.05) is 0 Å². The molecule has 2 aromatic carbocycles. The normalized spacial score (nSPS) is 11.6. The Bertz CT molecular complexity index is 1050. The third kappa shape index (κ3) is 4.39. The number of nitrogens with zero attached hydrogens (tertiary/aromatic N) is 2. The molecule has 0 saturated carbocycles. The molecule has 0 radical (unpaired) electrons. The second-order valence-corrected chi connectivity index (χ2v) is 8.16. The number of aryl methyl sites for hydroxylation is 1. The van der Waals surface area contributed by atoms with Crippen LogP contribution in [0.25, 0.3) is 16.6 Å². The van der Waals surface area contributed by atoms with E-state index in [2.05, 4.69) is 4.98 Å². The number of esters is 1. The zero-order valence-electron chi connectivity index (χ0n) is 15.9. The lowest BCUT2D eigenvalue weighted by molar-refractivity contribution is -0.151. The van der Waals surface area contributed by atoms with Gasteiger partial charge in [0.2, 0.25) is 0 Å². The predicted octanol–water partition coefficient (Wildman–Crippen LogP) is 4.13. The van der Waals surface area contributed by atoms with E-state index >= 15 is 0 Å². The summed E-state index contributed by atoms with van der Waals surface area (Å²) in [6, 6.07) is 14.9. The number of ether oxygens (including phenoxy) is 1. The van der Waals surface area contributed by atoms with Gasteiger partial charge >= 0.3 is 5.97 Å². The molecule has 1 heterocycles. The highest BCUT2D eigenvalue weighted by atomic mass is 32.2. The van der Waals surface area contributed by atoms with Crippen molar-refractivity contribution in [2.24, 2.45) is 0 Å². The number of thioether (sulfide) groups is 1. The molecule has 140 valence electrons. The van der Waals surface area contributed by atoms with E-state index in [-0.39, 0.29) is 17.3 Å². The first-order chi connectivity index (χ1) is 12.8. The van der Waals surface area contributed by atoms with Gasteiger partial charge in [0.15, 0.2) is 5.16 Å². The molecule has 0 saturated heterocycles. The lowest BCUT2D eigenvalue weighted by Crippen LogP contribution is -2.26. The fourth-order valence-corrected chi connectivity index (χ4v) is 3.51. The van der Waals surface area contributed by atoms with Crippen LogP contribution in [0, 0.1) is 6.92 Å². The van der Waals surface area contributed by atoms with Crippen molar-refractivity contribution in [2.75, 3.05) is 5.75 Å². The molecular formula is C21H22N2O3S. The van der Waals surface area contributed by atoms with Gasteiger partial charge in [-0.3, -0.25) is 14.2 Å². The Balaban J connectivity index is 2.08. The Morgan fingerprint density at radius 2 is 1.78 bits per heavy atom. The highest BCUT2D eigenvalue weighted by Crippen LogP contribution is 2.23. The van der Waals surface area contributed by atoms with E-state index in [9.17, 15) is 9.59 Å². The Kier molecular flexibility index (Phi) is 5.37. The summed E-state index contributed by atoms with van der Waals surface area (Å²) in [4.78, 5) is 29.9. The van der Waals surface area contributed by atoms with Crippen LogP contribution in [-0.4, -0.2) is 26.9 Å². The Morgan fingerprint density at radius 3 is 2.48 bits per heavy atom. The smallest absolute Gasteiger partial charge is 0.316 e. The minimum absolute atomic E-state index is 0.0773. The van der Waals surface area contributed by atoms with Crippen molar-refractivity contribution in [3.05, 3.63) is 64.4 Å². The molecule has 0 aliphatic heterocycles. The van der Waals surface area contributed by atoms with Crippen molar-refractivity contribution in [1.29, 1.82) is 0 Å². The van der Waals surface area contributed by atoms with Gasteiger partial charge in [-0.15, -0.1) is 0 Å². The van der Waals surface area contributed by atoms with E-state index in [0.717, 1.165) is 11.3 Å².